The zero-order valence-corrected chi connectivity index (χ0v) is 13.9. The Hall–Kier alpha value is -3.39. The summed E-state index contributed by atoms with van der Waals surface area (Å²) in [5, 5.41) is 9.75. The van der Waals surface area contributed by atoms with Gasteiger partial charge < -0.3 is 0 Å². The van der Waals surface area contributed by atoms with Crippen LogP contribution in [0.1, 0.15) is 40.0 Å². The maximum absolute atomic E-state index is 14.4. The zero-order valence-electron chi connectivity index (χ0n) is 13.9. The molecule has 4 nitrogen and oxygen atoms in total. The zero-order chi connectivity index (χ0) is 18.4. The number of Topliss-reactive ketones (excluding diaryl/α,β-unsaturated/α-hetero) is 1. The Labute approximate surface area is 151 Å². The van der Waals surface area contributed by atoms with Gasteiger partial charge in [0.15, 0.2) is 5.78 Å². The molecule has 5 heteroatoms. The molecule has 0 saturated heterocycles. The Bertz CT molecular complexity index is 923. The van der Waals surface area contributed by atoms with Crippen LogP contribution >= 0.6 is 0 Å². The lowest BCUT2D eigenvalue weighted by Gasteiger charge is -2.22. The van der Waals surface area contributed by atoms with Gasteiger partial charge in [-0.1, -0.05) is 30.3 Å². The monoisotopic (exact) mass is 345 g/mol. The van der Waals surface area contributed by atoms with Crippen molar-refractivity contribution in [2.45, 2.75) is 18.3 Å². The van der Waals surface area contributed by atoms with Crippen LogP contribution in [0.15, 0.2) is 73.1 Å². The van der Waals surface area contributed by atoms with Crippen LogP contribution in [0, 0.1) is 17.1 Å². The van der Waals surface area contributed by atoms with Gasteiger partial charge in [-0.2, -0.15) is 5.26 Å². The minimum absolute atomic E-state index is 0.0350. The molecule has 0 aliphatic heterocycles. The molecule has 0 fully saturated rings. The summed E-state index contributed by atoms with van der Waals surface area (Å²) in [4.78, 5) is 21.0. The van der Waals surface area contributed by atoms with Crippen molar-refractivity contribution in [3.8, 4) is 6.07 Å². The molecule has 0 saturated carbocycles. The topological polar surface area (TPSA) is 66.6 Å². The Morgan fingerprint density at radius 3 is 2.31 bits per heavy atom. The van der Waals surface area contributed by atoms with Crippen molar-refractivity contribution in [3.05, 3.63) is 95.8 Å². The first-order chi connectivity index (χ1) is 12.7. The number of benzene rings is 1. The van der Waals surface area contributed by atoms with Gasteiger partial charge >= 0.3 is 0 Å². The first kappa shape index (κ1) is 17.4. The van der Waals surface area contributed by atoms with Gasteiger partial charge in [0.2, 0.25) is 0 Å². The van der Waals surface area contributed by atoms with Crippen LogP contribution in [-0.2, 0) is 0 Å². The van der Waals surface area contributed by atoms with Crippen molar-refractivity contribution in [2.75, 3.05) is 0 Å². The average molecular weight is 345 g/mol. The van der Waals surface area contributed by atoms with Gasteiger partial charge in [-0.3, -0.25) is 14.8 Å². The Balaban J connectivity index is 2.01. The van der Waals surface area contributed by atoms with Crippen molar-refractivity contribution >= 4 is 5.78 Å². The fraction of sp³-hybridized carbons (Fsp3) is 0.143. The lowest BCUT2D eigenvalue weighted by Crippen LogP contribution is -2.17. The number of carbonyl (C=O) groups is 1. The highest BCUT2D eigenvalue weighted by atomic mass is 19.1. The van der Waals surface area contributed by atoms with Crippen molar-refractivity contribution in [1.29, 1.82) is 5.26 Å². The number of nitrogens with zero attached hydrogens (tertiary/aromatic N) is 3. The van der Waals surface area contributed by atoms with Gasteiger partial charge in [0, 0.05) is 24.7 Å². The van der Waals surface area contributed by atoms with E-state index in [1.165, 1.54) is 12.3 Å². The molecular weight excluding hydrogens is 329 g/mol. The summed E-state index contributed by atoms with van der Waals surface area (Å²) >= 11 is 0. The molecule has 3 aromatic rings. The largest absolute Gasteiger partial charge is 0.292 e. The van der Waals surface area contributed by atoms with Crippen LogP contribution in [-0.4, -0.2) is 15.8 Å². The summed E-state index contributed by atoms with van der Waals surface area (Å²) in [7, 11) is 0. The van der Waals surface area contributed by atoms with Crippen LogP contribution in [0.5, 0.6) is 0 Å². The predicted octanol–water partition coefficient (Wildman–Crippen LogP) is 4.28. The van der Waals surface area contributed by atoms with E-state index in [0.717, 1.165) is 0 Å². The third-order valence-corrected chi connectivity index (χ3v) is 4.21. The number of carbonyl (C=O) groups excluding carboxylic acids is 1. The van der Waals surface area contributed by atoms with E-state index in [1.807, 2.05) is 0 Å². The van der Waals surface area contributed by atoms with E-state index < -0.39 is 17.7 Å². The molecule has 0 radical (unpaired) electrons. The van der Waals surface area contributed by atoms with E-state index in [4.69, 9.17) is 0 Å². The Morgan fingerprint density at radius 2 is 1.69 bits per heavy atom. The van der Waals surface area contributed by atoms with E-state index in [9.17, 15) is 14.4 Å². The number of hydrogen-bond donors (Lipinski definition) is 0. The highest BCUT2D eigenvalue weighted by molar-refractivity contribution is 5.94. The second kappa shape index (κ2) is 8.13. The first-order valence-corrected chi connectivity index (χ1v) is 8.20. The SMILES string of the molecule is N#C[C@H](c1ccccn1)[C@@H](CC(=O)c1ccccn1)c1ccccc1F. The lowest BCUT2D eigenvalue weighted by molar-refractivity contribution is 0.0966. The summed E-state index contributed by atoms with van der Waals surface area (Å²) in [5.74, 6) is -2.09. The smallest absolute Gasteiger partial charge is 0.181 e. The van der Waals surface area contributed by atoms with Crippen molar-refractivity contribution in [3.63, 3.8) is 0 Å². The minimum atomic E-state index is -0.749. The molecule has 0 unspecified atom stereocenters. The summed E-state index contributed by atoms with van der Waals surface area (Å²) in [6, 6.07) is 18.7. The first-order valence-electron chi connectivity index (χ1n) is 8.20. The number of rotatable bonds is 6. The van der Waals surface area contributed by atoms with E-state index in [1.54, 1.807) is 60.8 Å². The van der Waals surface area contributed by atoms with Gasteiger partial charge in [-0.25, -0.2) is 4.39 Å². The summed E-state index contributed by atoms with van der Waals surface area (Å²) in [5.41, 5.74) is 1.14. The molecule has 26 heavy (non-hydrogen) atoms. The number of nitriles is 1. The second-order valence-corrected chi connectivity index (χ2v) is 5.83. The summed E-state index contributed by atoms with van der Waals surface area (Å²) < 4.78 is 14.4. The Morgan fingerprint density at radius 1 is 1.00 bits per heavy atom. The highest BCUT2D eigenvalue weighted by Crippen LogP contribution is 2.36. The number of halogens is 1. The minimum Gasteiger partial charge on any atom is -0.292 e. The third-order valence-electron chi connectivity index (χ3n) is 4.21. The highest BCUT2D eigenvalue weighted by Gasteiger charge is 2.30. The van der Waals surface area contributed by atoms with Crippen LogP contribution in [0.3, 0.4) is 0 Å². The van der Waals surface area contributed by atoms with Gasteiger partial charge in [-0.05, 0) is 35.9 Å². The van der Waals surface area contributed by atoms with Crippen molar-refractivity contribution in [2.24, 2.45) is 0 Å². The second-order valence-electron chi connectivity index (χ2n) is 5.83. The normalized spacial score (nSPS) is 12.8. The molecule has 2 aromatic heterocycles. The molecule has 1 aromatic carbocycles. The number of hydrogen-bond acceptors (Lipinski definition) is 4. The fourth-order valence-electron chi connectivity index (χ4n) is 2.94. The maximum atomic E-state index is 14.4. The van der Waals surface area contributed by atoms with Crippen LogP contribution < -0.4 is 0 Å². The molecule has 0 N–H and O–H groups in total. The molecule has 2 atom stereocenters. The molecule has 0 amide bonds. The standard InChI is InChI=1S/C21H16FN3O/c22-18-8-2-1-7-15(18)16(13-21(26)20-10-4-6-12-25-20)17(14-23)19-9-3-5-11-24-19/h1-12,16-17H,13H2/t16-,17-/m0/s1. The molecule has 2 heterocycles. The predicted molar refractivity (Wildman–Crippen MR) is 94.9 cm³/mol. The molecule has 0 bridgehead atoms. The number of ketones is 1. The van der Waals surface area contributed by atoms with Crippen LogP contribution in [0.25, 0.3) is 0 Å². The van der Waals surface area contributed by atoms with Gasteiger partial charge in [0.05, 0.1) is 17.7 Å². The Kier molecular flexibility index (Phi) is 5.45. The van der Waals surface area contributed by atoms with E-state index in [0.29, 0.717) is 17.0 Å². The molecule has 0 spiro atoms. The third kappa shape index (κ3) is 3.81. The number of aromatic nitrogens is 2. The summed E-state index contributed by atoms with van der Waals surface area (Å²) in [6.07, 6.45) is 3.08. The molecular formula is C21H16FN3O. The van der Waals surface area contributed by atoms with Crippen molar-refractivity contribution < 1.29 is 9.18 Å². The molecule has 0 aliphatic carbocycles. The average Bonchev–Trinajstić information content (AvgIpc) is 2.70. The van der Waals surface area contributed by atoms with E-state index in [2.05, 4.69) is 16.0 Å². The number of pyridine rings is 2. The fourth-order valence-corrected chi connectivity index (χ4v) is 2.94. The molecule has 3 rings (SSSR count). The van der Waals surface area contributed by atoms with Crippen LogP contribution in [0.4, 0.5) is 4.39 Å². The van der Waals surface area contributed by atoms with Crippen molar-refractivity contribution in [1.82, 2.24) is 9.97 Å². The molecule has 0 aliphatic rings. The van der Waals surface area contributed by atoms with Crippen LogP contribution in [0.2, 0.25) is 0 Å². The maximum Gasteiger partial charge on any atom is 0.181 e. The van der Waals surface area contributed by atoms with Gasteiger partial charge in [-0.15, -0.1) is 0 Å². The summed E-state index contributed by atoms with van der Waals surface area (Å²) in [6.45, 7) is 0. The van der Waals surface area contributed by atoms with Gasteiger partial charge in [0.1, 0.15) is 11.5 Å². The molecule has 128 valence electrons. The quantitative estimate of drug-likeness (QED) is 0.625. The lowest BCUT2D eigenvalue weighted by atomic mass is 9.80. The van der Waals surface area contributed by atoms with E-state index in [-0.39, 0.29) is 12.2 Å². The van der Waals surface area contributed by atoms with E-state index >= 15 is 0 Å². The van der Waals surface area contributed by atoms with Gasteiger partial charge in [0.25, 0.3) is 0 Å².